The number of carbonyl (C=O) groups is 1. The fourth-order valence-electron chi connectivity index (χ4n) is 1.79. The van der Waals surface area contributed by atoms with E-state index in [0.29, 0.717) is 12.8 Å². The fourth-order valence-corrected chi connectivity index (χ4v) is 1.79. The SMILES string of the molecule is COc1cc(C)c(C)cc1CCC(=O)NN(C)C. The van der Waals surface area contributed by atoms with E-state index >= 15 is 0 Å². The molecule has 1 aromatic carbocycles. The summed E-state index contributed by atoms with van der Waals surface area (Å²) in [6.45, 7) is 4.12. The molecule has 0 heterocycles. The van der Waals surface area contributed by atoms with Gasteiger partial charge in [-0.2, -0.15) is 0 Å². The van der Waals surface area contributed by atoms with E-state index < -0.39 is 0 Å². The van der Waals surface area contributed by atoms with Crippen LogP contribution >= 0.6 is 0 Å². The van der Waals surface area contributed by atoms with E-state index in [1.165, 1.54) is 11.1 Å². The number of amides is 1. The third-order valence-electron chi connectivity index (χ3n) is 2.87. The number of aryl methyl sites for hydroxylation is 3. The molecule has 0 unspecified atom stereocenters. The molecule has 0 saturated carbocycles. The largest absolute Gasteiger partial charge is 0.496 e. The Hall–Kier alpha value is -1.55. The lowest BCUT2D eigenvalue weighted by Gasteiger charge is -2.14. The fraction of sp³-hybridized carbons (Fsp3) is 0.500. The minimum atomic E-state index is 0.0141. The maximum atomic E-state index is 11.6. The summed E-state index contributed by atoms with van der Waals surface area (Å²) in [7, 11) is 5.26. The van der Waals surface area contributed by atoms with Crippen LogP contribution < -0.4 is 10.2 Å². The van der Waals surface area contributed by atoms with Crippen LogP contribution in [0.2, 0.25) is 0 Å². The number of rotatable bonds is 5. The van der Waals surface area contributed by atoms with E-state index in [1.807, 2.05) is 6.07 Å². The lowest BCUT2D eigenvalue weighted by molar-refractivity contribution is -0.124. The topological polar surface area (TPSA) is 41.6 Å². The second kappa shape index (κ2) is 6.40. The molecule has 1 N–H and O–H groups in total. The van der Waals surface area contributed by atoms with Crippen LogP contribution in [0.1, 0.15) is 23.1 Å². The van der Waals surface area contributed by atoms with Gasteiger partial charge in [0.15, 0.2) is 0 Å². The first-order valence-electron chi connectivity index (χ1n) is 6.05. The monoisotopic (exact) mass is 250 g/mol. The van der Waals surface area contributed by atoms with Crippen molar-refractivity contribution in [3.63, 3.8) is 0 Å². The summed E-state index contributed by atoms with van der Waals surface area (Å²) in [6, 6.07) is 4.12. The number of carbonyl (C=O) groups excluding carboxylic acids is 1. The van der Waals surface area contributed by atoms with Gasteiger partial charge in [-0.05, 0) is 43.0 Å². The van der Waals surface area contributed by atoms with E-state index in [1.54, 1.807) is 26.2 Å². The Morgan fingerprint density at radius 2 is 1.89 bits per heavy atom. The van der Waals surface area contributed by atoms with Gasteiger partial charge in [-0.15, -0.1) is 0 Å². The molecule has 0 fully saturated rings. The summed E-state index contributed by atoms with van der Waals surface area (Å²) in [6.07, 6.45) is 1.14. The molecule has 1 aromatic rings. The quantitative estimate of drug-likeness (QED) is 0.811. The van der Waals surface area contributed by atoms with Gasteiger partial charge in [0.05, 0.1) is 7.11 Å². The van der Waals surface area contributed by atoms with Gasteiger partial charge >= 0.3 is 0 Å². The van der Waals surface area contributed by atoms with Crippen molar-refractivity contribution in [1.82, 2.24) is 10.4 Å². The van der Waals surface area contributed by atoms with Crippen molar-refractivity contribution in [2.45, 2.75) is 26.7 Å². The van der Waals surface area contributed by atoms with E-state index in [4.69, 9.17) is 4.74 Å². The first kappa shape index (κ1) is 14.5. The number of hydrogen-bond donors (Lipinski definition) is 1. The molecule has 0 atom stereocenters. The lowest BCUT2D eigenvalue weighted by Crippen LogP contribution is -2.36. The molecule has 0 bridgehead atoms. The van der Waals surface area contributed by atoms with Crippen LogP contribution in [0.25, 0.3) is 0 Å². The van der Waals surface area contributed by atoms with Crippen LogP contribution in [0.15, 0.2) is 12.1 Å². The van der Waals surface area contributed by atoms with Gasteiger partial charge < -0.3 is 4.74 Å². The molecule has 4 nitrogen and oxygen atoms in total. The predicted molar refractivity (Wildman–Crippen MR) is 72.6 cm³/mol. The van der Waals surface area contributed by atoms with E-state index in [2.05, 4.69) is 25.3 Å². The smallest absolute Gasteiger partial charge is 0.234 e. The Kier molecular flexibility index (Phi) is 5.16. The van der Waals surface area contributed by atoms with E-state index in [-0.39, 0.29) is 5.91 Å². The maximum absolute atomic E-state index is 11.6. The van der Waals surface area contributed by atoms with Crippen molar-refractivity contribution in [3.8, 4) is 5.75 Å². The van der Waals surface area contributed by atoms with Crippen LogP contribution in [0.4, 0.5) is 0 Å². The molecule has 1 amide bonds. The number of nitrogens with zero attached hydrogens (tertiary/aromatic N) is 1. The second-order valence-corrected chi connectivity index (χ2v) is 4.68. The Morgan fingerprint density at radius 1 is 1.28 bits per heavy atom. The van der Waals surface area contributed by atoms with Gasteiger partial charge in [-0.25, -0.2) is 5.01 Å². The summed E-state index contributed by atoms with van der Waals surface area (Å²) in [4.78, 5) is 11.6. The summed E-state index contributed by atoms with van der Waals surface area (Å²) in [5.74, 6) is 0.871. The van der Waals surface area contributed by atoms with Crippen molar-refractivity contribution in [2.75, 3.05) is 21.2 Å². The second-order valence-electron chi connectivity index (χ2n) is 4.68. The van der Waals surface area contributed by atoms with Crippen molar-refractivity contribution in [2.24, 2.45) is 0 Å². The molecule has 0 spiro atoms. The highest BCUT2D eigenvalue weighted by atomic mass is 16.5. The third kappa shape index (κ3) is 4.04. The van der Waals surface area contributed by atoms with Crippen LogP contribution in [-0.4, -0.2) is 32.1 Å². The van der Waals surface area contributed by atoms with Gasteiger partial charge in [0.1, 0.15) is 5.75 Å². The molecule has 4 heteroatoms. The zero-order valence-electron chi connectivity index (χ0n) is 11.8. The highest BCUT2D eigenvalue weighted by molar-refractivity contribution is 5.75. The first-order valence-corrected chi connectivity index (χ1v) is 6.05. The number of methoxy groups -OCH3 is 1. The molecular formula is C14H22N2O2. The van der Waals surface area contributed by atoms with Crippen LogP contribution in [-0.2, 0) is 11.2 Å². The number of nitrogens with one attached hydrogen (secondary N) is 1. The average Bonchev–Trinajstić information content (AvgIpc) is 2.29. The molecule has 0 aliphatic rings. The average molecular weight is 250 g/mol. The van der Waals surface area contributed by atoms with Crippen molar-refractivity contribution < 1.29 is 9.53 Å². The molecule has 0 radical (unpaired) electrons. The van der Waals surface area contributed by atoms with Gasteiger partial charge in [0.25, 0.3) is 0 Å². The predicted octanol–water partition coefficient (Wildman–Crippen LogP) is 1.84. The Labute approximate surface area is 109 Å². The number of benzene rings is 1. The summed E-state index contributed by atoms with van der Waals surface area (Å²) in [5, 5.41) is 1.65. The highest BCUT2D eigenvalue weighted by Gasteiger charge is 2.09. The summed E-state index contributed by atoms with van der Waals surface area (Å²) in [5.41, 5.74) is 6.23. The Bertz CT molecular complexity index is 428. The van der Waals surface area contributed by atoms with Crippen molar-refractivity contribution in [3.05, 3.63) is 28.8 Å². The summed E-state index contributed by atoms with van der Waals surface area (Å²) < 4.78 is 5.35. The molecule has 0 aliphatic carbocycles. The van der Waals surface area contributed by atoms with Crippen LogP contribution in [0.3, 0.4) is 0 Å². The maximum Gasteiger partial charge on any atom is 0.234 e. The number of hydrazine groups is 1. The third-order valence-corrected chi connectivity index (χ3v) is 2.87. The molecule has 0 aliphatic heterocycles. The van der Waals surface area contributed by atoms with Gasteiger partial charge in [-0.1, -0.05) is 6.07 Å². The normalized spacial score (nSPS) is 10.6. The molecule has 0 aromatic heterocycles. The van der Waals surface area contributed by atoms with E-state index in [0.717, 1.165) is 11.3 Å². The van der Waals surface area contributed by atoms with Crippen molar-refractivity contribution >= 4 is 5.91 Å². The van der Waals surface area contributed by atoms with Gasteiger partial charge in [0.2, 0.25) is 5.91 Å². The zero-order valence-corrected chi connectivity index (χ0v) is 11.8. The molecule has 100 valence electrons. The molecule has 0 saturated heterocycles. The number of hydrogen-bond acceptors (Lipinski definition) is 3. The summed E-state index contributed by atoms with van der Waals surface area (Å²) >= 11 is 0. The highest BCUT2D eigenvalue weighted by Crippen LogP contribution is 2.24. The number of ether oxygens (including phenoxy) is 1. The Balaban J connectivity index is 2.72. The molecular weight excluding hydrogens is 228 g/mol. The van der Waals surface area contributed by atoms with E-state index in [9.17, 15) is 4.79 Å². The molecule has 1 rings (SSSR count). The van der Waals surface area contributed by atoms with Crippen LogP contribution in [0.5, 0.6) is 5.75 Å². The zero-order chi connectivity index (χ0) is 13.7. The lowest BCUT2D eigenvalue weighted by atomic mass is 10.0. The minimum Gasteiger partial charge on any atom is -0.496 e. The van der Waals surface area contributed by atoms with Gasteiger partial charge in [-0.3, -0.25) is 10.2 Å². The van der Waals surface area contributed by atoms with Gasteiger partial charge in [0, 0.05) is 20.5 Å². The van der Waals surface area contributed by atoms with Crippen molar-refractivity contribution in [1.29, 1.82) is 0 Å². The first-order chi connectivity index (χ1) is 8.43. The molecule has 18 heavy (non-hydrogen) atoms. The minimum absolute atomic E-state index is 0.0141. The Morgan fingerprint density at radius 3 is 2.44 bits per heavy atom. The standard InChI is InChI=1S/C14H22N2O2/c1-10-8-12(13(18-5)9-11(10)2)6-7-14(17)15-16(3)4/h8-9H,6-7H2,1-5H3,(H,15,17). The van der Waals surface area contributed by atoms with Crippen LogP contribution in [0, 0.1) is 13.8 Å².